The Morgan fingerprint density at radius 1 is 1.23 bits per heavy atom. The van der Waals surface area contributed by atoms with Crippen LogP contribution < -0.4 is 0 Å². The number of halogens is 1. The SMILES string of the molecule is CCC(=O)COS(=O)(=O)[O-].CCC(C)(C)c1ccc(I)cc1. The fourth-order valence-corrected chi connectivity index (χ4v) is 1.98. The number of benzene rings is 1. The fourth-order valence-electron chi connectivity index (χ4n) is 1.35. The third-order valence-corrected chi connectivity index (χ3v) is 4.39. The first-order valence-electron chi connectivity index (χ1n) is 6.89. The zero-order valence-corrected chi connectivity index (χ0v) is 16.2. The molecule has 0 radical (unpaired) electrons. The van der Waals surface area contributed by atoms with Crippen molar-refractivity contribution in [2.75, 3.05) is 6.61 Å². The summed E-state index contributed by atoms with van der Waals surface area (Å²) >= 11 is 2.34. The van der Waals surface area contributed by atoms with Gasteiger partial charge < -0.3 is 4.55 Å². The fraction of sp³-hybridized carbons (Fsp3) is 0.533. The van der Waals surface area contributed by atoms with Crippen LogP contribution in [0.1, 0.15) is 46.1 Å². The zero-order valence-electron chi connectivity index (χ0n) is 13.3. The van der Waals surface area contributed by atoms with E-state index in [1.807, 2.05) is 0 Å². The highest BCUT2D eigenvalue weighted by atomic mass is 127. The van der Waals surface area contributed by atoms with Gasteiger partial charge in [-0.2, -0.15) is 0 Å². The molecule has 1 rings (SSSR count). The van der Waals surface area contributed by atoms with Gasteiger partial charge in [0.15, 0.2) is 5.78 Å². The Morgan fingerprint density at radius 2 is 1.73 bits per heavy atom. The van der Waals surface area contributed by atoms with Gasteiger partial charge in [0, 0.05) is 9.99 Å². The van der Waals surface area contributed by atoms with Crippen molar-refractivity contribution in [3.05, 3.63) is 33.4 Å². The standard InChI is InChI=1S/C11H15I.C4H8O5S/c1-4-11(2,3)9-5-7-10(12)8-6-9;1-2-4(5)3-9-10(6,7)8/h5-8H,4H2,1-3H3;2-3H2,1H3,(H,6,7,8)/p-1. The van der Waals surface area contributed by atoms with E-state index in [1.165, 1.54) is 15.6 Å². The second kappa shape index (κ2) is 9.59. The third-order valence-electron chi connectivity index (χ3n) is 3.27. The molecule has 0 aromatic heterocycles. The van der Waals surface area contributed by atoms with Crippen LogP contribution in [0.2, 0.25) is 0 Å². The monoisotopic (exact) mass is 441 g/mol. The molecular formula is C15H22IO5S-. The van der Waals surface area contributed by atoms with Crippen LogP contribution in [0.15, 0.2) is 24.3 Å². The summed E-state index contributed by atoms with van der Waals surface area (Å²) in [7, 11) is -4.70. The molecule has 0 amide bonds. The van der Waals surface area contributed by atoms with Gasteiger partial charge in [0.2, 0.25) is 10.4 Å². The minimum atomic E-state index is -4.70. The number of carbonyl (C=O) groups is 1. The Morgan fingerprint density at radius 3 is 2.09 bits per heavy atom. The summed E-state index contributed by atoms with van der Waals surface area (Å²) in [5, 5.41) is 0. The molecule has 5 nitrogen and oxygen atoms in total. The lowest BCUT2D eigenvalue weighted by molar-refractivity contribution is -0.120. The first-order valence-corrected chi connectivity index (χ1v) is 9.31. The van der Waals surface area contributed by atoms with Crippen molar-refractivity contribution < 1.29 is 21.9 Å². The summed E-state index contributed by atoms with van der Waals surface area (Å²) < 4.78 is 34.1. The lowest BCUT2D eigenvalue weighted by atomic mass is 9.82. The molecule has 0 unspecified atom stereocenters. The van der Waals surface area contributed by atoms with E-state index < -0.39 is 22.8 Å². The van der Waals surface area contributed by atoms with E-state index in [2.05, 4.69) is 71.8 Å². The molecule has 0 saturated heterocycles. The van der Waals surface area contributed by atoms with Crippen molar-refractivity contribution in [1.82, 2.24) is 0 Å². The number of carbonyl (C=O) groups excluding carboxylic acids is 1. The Labute approximate surface area is 146 Å². The van der Waals surface area contributed by atoms with Crippen LogP contribution in [0.25, 0.3) is 0 Å². The summed E-state index contributed by atoms with van der Waals surface area (Å²) in [4.78, 5) is 10.3. The summed E-state index contributed by atoms with van der Waals surface area (Å²) in [6.07, 6.45) is 1.35. The molecule has 0 aliphatic heterocycles. The maximum Gasteiger partial charge on any atom is 0.218 e. The van der Waals surface area contributed by atoms with Gasteiger partial charge in [0.05, 0.1) is 0 Å². The van der Waals surface area contributed by atoms with Crippen molar-refractivity contribution in [3.63, 3.8) is 0 Å². The highest BCUT2D eigenvalue weighted by molar-refractivity contribution is 14.1. The maximum atomic E-state index is 10.3. The first-order chi connectivity index (χ1) is 10.0. The highest BCUT2D eigenvalue weighted by Gasteiger charge is 2.16. The summed E-state index contributed by atoms with van der Waals surface area (Å²) in [6.45, 7) is 7.70. The van der Waals surface area contributed by atoms with E-state index >= 15 is 0 Å². The van der Waals surface area contributed by atoms with Gasteiger partial charge in [-0.05, 0) is 52.1 Å². The molecular weight excluding hydrogens is 419 g/mol. The van der Waals surface area contributed by atoms with Crippen LogP contribution in [0.3, 0.4) is 0 Å². The minimum Gasteiger partial charge on any atom is -0.726 e. The zero-order chi connectivity index (χ0) is 17.4. The molecule has 1 aromatic carbocycles. The van der Waals surface area contributed by atoms with Crippen molar-refractivity contribution in [3.8, 4) is 0 Å². The molecule has 0 saturated carbocycles. The van der Waals surface area contributed by atoms with Gasteiger partial charge in [0.1, 0.15) is 6.61 Å². The molecule has 0 spiro atoms. The highest BCUT2D eigenvalue weighted by Crippen LogP contribution is 2.26. The molecule has 1 aromatic rings. The third kappa shape index (κ3) is 9.50. The van der Waals surface area contributed by atoms with Crippen LogP contribution in [-0.4, -0.2) is 25.4 Å². The molecule has 0 heterocycles. The van der Waals surface area contributed by atoms with Gasteiger partial charge in [0.25, 0.3) is 0 Å². The molecule has 0 atom stereocenters. The van der Waals surface area contributed by atoms with Crippen LogP contribution in [0.4, 0.5) is 0 Å². The first kappa shape index (κ1) is 21.5. The molecule has 126 valence electrons. The molecule has 0 aliphatic rings. The Balaban J connectivity index is 0.000000409. The minimum absolute atomic E-state index is 0.162. The summed E-state index contributed by atoms with van der Waals surface area (Å²) in [6, 6.07) is 8.80. The Kier molecular flexibility index (Phi) is 9.37. The van der Waals surface area contributed by atoms with Crippen LogP contribution in [0, 0.1) is 3.57 Å². The Hall–Kier alpha value is -0.510. The molecule has 0 bridgehead atoms. The van der Waals surface area contributed by atoms with Gasteiger partial charge in [-0.25, -0.2) is 8.42 Å². The van der Waals surface area contributed by atoms with Crippen LogP contribution >= 0.6 is 22.6 Å². The van der Waals surface area contributed by atoms with Crippen molar-refractivity contribution in [2.24, 2.45) is 0 Å². The quantitative estimate of drug-likeness (QED) is 0.384. The second-order valence-corrected chi connectivity index (χ2v) is 7.60. The number of rotatable bonds is 6. The molecule has 0 N–H and O–H groups in total. The smallest absolute Gasteiger partial charge is 0.218 e. The van der Waals surface area contributed by atoms with Crippen molar-refractivity contribution in [2.45, 2.75) is 46.0 Å². The van der Waals surface area contributed by atoms with Gasteiger partial charge >= 0.3 is 0 Å². The largest absolute Gasteiger partial charge is 0.726 e. The van der Waals surface area contributed by atoms with E-state index in [-0.39, 0.29) is 6.42 Å². The van der Waals surface area contributed by atoms with Crippen molar-refractivity contribution in [1.29, 1.82) is 0 Å². The van der Waals surface area contributed by atoms with Crippen molar-refractivity contribution >= 4 is 38.8 Å². The predicted molar refractivity (Wildman–Crippen MR) is 93.4 cm³/mol. The number of Topliss-reactive ketones (excluding diaryl/α,β-unsaturated/α-hetero) is 1. The topological polar surface area (TPSA) is 83.5 Å². The molecule has 0 aliphatic carbocycles. The van der Waals surface area contributed by atoms with Crippen LogP contribution in [0.5, 0.6) is 0 Å². The lowest BCUT2D eigenvalue weighted by Gasteiger charge is -2.23. The summed E-state index contributed by atoms with van der Waals surface area (Å²) in [5.74, 6) is -0.417. The average Bonchev–Trinajstić information content (AvgIpc) is 2.45. The van der Waals surface area contributed by atoms with Gasteiger partial charge in [-0.15, -0.1) is 0 Å². The average molecular weight is 441 g/mol. The predicted octanol–water partition coefficient (Wildman–Crippen LogP) is 3.42. The van der Waals surface area contributed by atoms with Gasteiger partial charge in [-0.1, -0.05) is 39.8 Å². The second-order valence-electron chi connectivity index (χ2n) is 5.31. The van der Waals surface area contributed by atoms with E-state index in [9.17, 15) is 17.8 Å². The van der Waals surface area contributed by atoms with E-state index in [4.69, 9.17) is 0 Å². The molecule has 7 heteroatoms. The van der Waals surface area contributed by atoms with Gasteiger partial charge in [-0.3, -0.25) is 8.98 Å². The molecule has 0 fully saturated rings. The number of ketones is 1. The number of hydrogen-bond donors (Lipinski definition) is 0. The normalized spacial score (nSPS) is 11.5. The van der Waals surface area contributed by atoms with E-state index in [0.717, 1.165) is 0 Å². The maximum absolute atomic E-state index is 10.3. The van der Waals surface area contributed by atoms with E-state index in [1.54, 1.807) is 6.92 Å². The Bertz CT molecular complexity index is 564. The number of hydrogen-bond acceptors (Lipinski definition) is 5. The summed E-state index contributed by atoms with van der Waals surface area (Å²) in [5.41, 5.74) is 1.76. The molecule has 22 heavy (non-hydrogen) atoms. The van der Waals surface area contributed by atoms with Crippen LogP contribution in [-0.2, 0) is 24.8 Å². The lowest BCUT2D eigenvalue weighted by Crippen LogP contribution is -2.14. The van der Waals surface area contributed by atoms with E-state index in [0.29, 0.717) is 5.41 Å².